The van der Waals surface area contributed by atoms with E-state index in [0.29, 0.717) is 0 Å². The van der Waals surface area contributed by atoms with Crippen LogP contribution < -0.4 is 5.32 Å². The molecule has 1 aromatic heterocycles. The summed E-state index contributed by atoms with van der Waals surface area (Å²) in [6.45, 7) is 0. The number of aromatic amines is 1. The summed E-state index contributed by atoms with van der Waals surface area (Å²) in [5.41, 5.74) is 1.01. The van der Waals surface area contributed by atoms with E-state index in [9.17, 15) is 0 Å². The van der Waals surface area contributed by atoms with Gasteiger partial charge in [-0.25, -0.2) is 4.98 Å². The summed E-state index contributed by atoms with van der Waals surface area (Å²) < 4.78 is 1.07. The first-order valence-electron chi connectivity index (χ1n) is 3.86. The van der Waals surface area contributed by atoms with Gasteiger partial charge in [-0.15, -0.1) is 0 Å². The molecule has 0 amide bonds. The molecule has 0 aliphatic carbocycles. The van der Waals surface area contributed by atoms with Crippen LogP contribution in [0.15, 0.2) is 41.1 Å². The molecule has 0 spiro atoms. The highest BCUT2D eigenvalue weighted by molar-refractivity contribution is 9.10. The molecule has 0 bridgehead atoms. The minimum Gasteiger partial charge on any atom is -0.331 e. The molecule has 1 aromatic carbocycles. The topological polar surface area (TPSA) is 40.7 Å². The van der Waals surface area contributed by atoms with Crippen molar-refractivity contribution in [2.75, 3.05) is 5.32 Å². The third-order valence-corrected chi connectivity index (χ3v) is 2.13. The third kappa shape index (κ3) is 2.09. The highest BCUT2D eigenvalue weighted by Gasteiger charge is 1.94. The monoisotopic (exact) mass is 237 g/mol. The van der Waals surface area contributed by atoms with E-state index in [0.717, 1.165) is 16.1 Å². The fourth-order valence-electron chi connectivity index (χ4n) is 1.00. The first-order valence-corrected chi connectivity index (χ1v) is 4.66. The van der Waals surface area contributed by atoms with Crippen molar-refractivity contribution in [3.05, 3.63) is 41.1 Å². The molecule has 0 aliphatic rings. The van der Waals surface area contributed by atoms with Crippen LogP contribution in [-0.4, -0.2) is 9.97 Å². The van der Waals surface area contributed by atoms with Crippen molar-refractivity contribution < 1.29 is 0 Å². The summed E-state index contributed by atoms with van der Waals surface area (Å²) in [5.74, 6) is 0.752. The lowest BCUT2D eigenvalue weighted by atomic mass is 10.3. The Morgan fingerprint density at radius 2 is 2.00 bits per heavy atom. The first-order chi connectivity index (χ1) is 6.34. The Morgan fingerprint density at radius 3 is 2.62 bits per heavy atom. The van der Waals surface area contributed by atoms with Crippen LogP contribution in [0.25, 0.3) is 0 Å². The molecule has 0 aliphatic heterocycles. The van der Waals surface area contributed by atoms with Crippen LogP contribution in [0.2, 0.25) is 0 Å². The minimum atomic E-state index is 0.752. The van der Waals surface area contributed by atoms with Crippen LogP contribution in [0.3, 0.4) is 0 Å². The molecule has 13 heavy (non-hydrogen) atoms. The predicted octanol–water partition coefficient (Wildman–Crippen LogP) is 2.92. The van der Waals surface area contributed by atoms with Crippen LogP contribution in [0.1, 0.15) is 0 Å². The van der Waals surface area contributed by atoms with Gasteiger partial charge in [0.15, 0.2) is 0 Å². The van der Waals surface area contributed by atoms with Gasteiger partial charge in [0.05, 0.1) is 0 Å². The van der Waals surface area contributed by atoms with E-state index < -0.39 is 0 Å². The van der Waals surface area contributed by atoms with Crippen molar-refractivity contribution in [1.82, 2.24) is 9.97 Å². The number of aromatic nitrogens is 2. The SMILES string of the molecule is Brc1ccc(Nc2ncc[nH]2)cc1. The standard InChI is InChI=1S/C9H8BrN3/c10-7-1-3-8(4-2-7)13-9-11-5-6-12-9/h1-6H,(H2,11,12,13). The molecule has 2 rings (SSSR count). The molecule has 0 atom stereocenters. The van der Waals surface area contributed by atoms with Crippen molar-refractivity contribution in [3.63, 3.8) is 0 Å². The second-order valence-electron chi connectivity index (χ2n) is 2.57. The summed E-state index contributed by atoms with van der Waals surface area (Å²) in [6.07, 6.45) is 3.49. The Morgan fingerprint density at radius 1 is 1.23 bits per heavy atom. The van der Waals surface area contributed by atoms with E-state index in [-0.39, 0.29) is 0 Å². The number of hydrogen-bond donors (Lipinski definition) is 2. The molecule has 0 saturated heterocycles. The van der Waals surface area contributed by atoms with Crippen molar-refractivity contribution >= 4 is 27.6 Å². The summed E-state index contributed by atoms with van der Waals surface area (Å²) in [7, 11) is 0. The molecule has 2 aromatic rings. The molecule has 0 unspecified atom stereocenters. The maximum atomic E-state index is 4.06. The van der Waals surface area contributed by atoms with E-state index in [1.165, 1.54) is 0 Å². The van der Waals surface area contributed by atoms with Gasteiger partial charge in [-0.3, -0.25) is 0 Å². The zero-order valence-electron chi connectivity index (χ0n) is 6.79. The number of nitrogens with zero attached hydrogens (tertiary/aromatic N) is 1. The Labute approximate surface area is 84.3 Å². The number of nitrogens with one attached hydrogen (secondary N) is 2. The number of rotatable bonds is 2. The van der Waals surface area contributed by atoms with Gasteiger partial charge in [0.2, 0.25) is 5.95 Å². The maximum absolute atomic E-state index is 4.06. The highest BCUT2D eigenvalue weighted by atomic mass is 79.9. The molecule has 1 heterocycles. The predicted molar refractivity (Wildman–Crippen MR) is 56.0 cm³/mol. The first kappa shape index (κ1) is 8.31. The van der Waals surface area contributed by atoms with E-state index in [4.69, 9.17) is 0 Å². The molecular weight excluding hydrogens is 230 g/mol. The molecule has 0 radical (unpaired) electrons. The Bertz CT molecular complexity index is 366. The second-order valence-corrected chi connectivity index (χ2v) is 3.49. The quantitative estimate of drug-likeness (QED) is 0.844. The summed E-state index contributed by atoms with van der Waals surface area (Å²) in [5, 5.41) is 3.12. The molecule has 3 nitrogen and oxygen atoms in total. The van der Waals surface area contributed by atoms with E-state index in [1.54, 1.807) is 12.4 Å². The third-order valence-electron chi connectivity index (χ3n) is 1.61. The maximum Gasteiger partial charge on any atom is 0.204 e. The van der Waals surface area contributed by atoms with Crippen molar-refractivity contribution in [3.8, 4) is 0 Å². The smallest absolute Gasteiger partial charge is 0.204 e. The van der Waals surface area contributed by atoms with Gasteiger partial charge in [-0.2, -0.15) is 0 Å². The van der Waals surface area contributed by atoms with Crippen LogP contribution in [-0.2, 0) is 0 Å². The fourth-order valence-corrected chi connectivity index (χ4v) is 1.27. The Hall–Kier alpha value is -1.29. The average molecular weight is 238 g/mol. The lowest BCUT2D eigenvalue weighted by Gasteiger charge is -2.01. The van der Waals surface area contributed by atoms with Gasteiger partial charge in [0.25, 0.3) is 0 Å². The average Bonchev–Trinajstić information content (AvgIpc) is 2.62. The summed E-state index contributed by atoms with van der Waals surface area (Å²) >= 11 is 3.37. The second kappa shape index (κ2) is 3.62. The van der Waals surface area contributed by atoms with Gasteiger partial charge >= 0.3 is 0 Å². The molecule has 66 valence electrons. The van der Waals surface area contributed by atoms with Gasteiger partial charge in [0.1, 0.15) is 0 Å². The van der Waals surface area contributed by atoms with E-state index in [2.05, 4.69) is 31.2 Å². The van der Waals surface area contributed by atoms with E-state index >= 15 is 0 Å². The number of hydrogen-bond acceptors (Lipinski definition) is 2. The van der Waals surface area contributed by atoms with Gasteiger partial charge < -0.3 is 10.3 Å². The van der Waals surface area contributed by atoms with Gasteiger partial charge in [-0.05, 0) is 24.3 Å². The van der Waals surface area contributed by atoms with Crippen LogP contribution in [0, 0.1) is 0 Å². The van der Waals surface area contributed by atoms with Crippen molar-refractivity contribution in [1.29, 1.82) is 0 Å². The zero-order chi connectivity index (χ0) is 9.10. The minimum absolute atomic E-state index is 0.752. The van der Waals surface area contributed by atoms with Gasteiger partial charge in [-0.1, -0.05) is 15.9 Å². The van der Waals surface area contributed by atoms with E-state index in [1.807, 2.05) is 24.3 Å². The molecule has 2 N–H and O–H groups in total. The van der Waals surface area contributed by atoms with Crippen LogP contribution >= 0.6 is 15.9 Å². The number of halogens is 1. The Balaban J connectivity index is 2.15. The summed E-state index contributed by atoms with van der Waals surface area (Å²) in [6, 6.07) is 7.91. The lowest BCUT2D eigenvalue weighted by molar-refractivity contribution is 1.29. The number of H-pyrrole nitrogens is 1. The van der Waals surface area contributed by atoms with Crippen LogP contribution in [0.5, 0.6) is 0 Å². The number of anilines is 2. The lowest BCUT2D eigenvalue weighted by Crippen LogP contribution is -1.90. The normalized spacial score (nSPS) is 9.92. The largest absolute Gasteiger partial charge is 0.331 e. The van der Waals surface area contributed by atoms with Gasteiger partial charge in [0, 0.05) is 22.6 Å². The number of imidazole rings is 1. The van der Waals surface area contributed by atoms with Crippen molar-refractivity contribution in [2.45, 2.75) is 0 Å². The highest BCUT2D eigenvalue weighted by Crippen LogP contribution is 2.16. The van der Waals surface area contributed by atoms with Crippen molar-refractivity contribution in [2.24, 2.45) is 0 Å². The number of benzene rings is 1. The fraction of sp³-hybridized carbons (Fsp3) is 0. The molecule has 0 saturated carbocycles. The molecular formula is C9H8BrN3. The molecule has 0 fully saturated rings. The molecule has 4 heteroatoms. The summed E-state index contributed by atoms with van der Waals surface area (Å²) in [4.78, 5) is 7.02. The zero-order valence-corrected chi connectivity index (χ0v) is 8.38. The Kier molecular flexibility index (Phi) is 2.31. The van der Waals surface area contributed by atoms with Crippen LogP contribution in [0.4, 0.5) is 11.6 Å².